The van der Waals surface area contributed by atoms with Gasteiger partial charge in [-0.2, -0.15) is 0 Å². The number of piperidine rings is 1. The van der Waals surface area contributed by atoms with Crippen LogP contribution in [-0.2, 0) is 11.3 Å². The maximum Gasteiger partial charge on any atom is 0.254 e. The summed E-state index contributed by atoms with van der Waals surface area (Å²) in [4.78, 5) is 32.6. The number of hydrogen-bond acceptors (Lipinski definition) is 4. The lowest BCUT2D eigenvalue weighted by molar-refractivity contribution is -0.126. The van der Waals surface area contributed by atoms with Crippen LogP contribution in [0.4, 0.5) is 0 Å². The van der Waals surface area contributed by atoms with Gasteiger partial charge in [-0.1, -0.05) is 36.4 Å². The minimum absolute atomic E-state index is 0.0365. The van der Waals surface area contributed by atoms with E-state index < -0.39 is 0 Å². The lowest BCUT2D eigenvalue weighted by atomic mass is 9.95. The number of rotatable bonds is 4. The molecule has 144 valence electrons. The van der Waals surface area contributed by atoms with Gasteiger partial charge in [-0.3, -0.25) is 9.59 Å². The van der Waals surface area contributed by atoms with E-state index >= 15 is 0 Å². The van der Waals surface area contributed by atoms with E-state index in [-0.39, 0.29) is 17.7 Å². The summed E-state index contributed by atoms with van der Waals surface area (Å²) in [6, 6.07) is 13.8. The van der Waals surface area contributed by atoms with Gasteiger partial charge in [-0.25, -0.2) is 4.98 Å². The van der Waals surface area contributed by atoms with E-state index in [1.807, 2.05) is 60.5 Å². The topological polar surface area (TPSA) is 62.3 Å². The molecule has 0 saturated carbocycles. The smallest absolute Gasteiger partial charge is 0.254 e. The van der Waals surface area contributed by atoms with Gasteiger partial charge >= 0.3 is 0 Å². The lowest BCUT2D eigenvalue weighted by Gasteiger charge is -2.31. The van der Waals surface area contributed by atoms with E-state index in [1.165, 1.54) is 0 Å². The van der Waals surface area contributed by atoms with Crippen molar-refractivity contribution in [3.05, 3.63) is 64.1 Å². The second-order valence-corrected chi connectivity index (χ2v) is 8.48. The number of fused-ring (bicyclic) bond motifs is 1. The monoisotopic (exact) mass is 393 g/mol. The predicted molar refractivity (Wildman–Crippen MR) is 111 cm³/mol. The fourth-order valence-electron chi connectivity index (χ4n) is 3.73. The molecule has 5 nitrogen and oxygen atoms in total. The molecule has 1 fully saturated rings. The van der Waals surface area contributed by atoms with E-state index in [2.05, 4.69) is 10.3 Å². The standard InChI is InChI=1S/C22H23N3O2S/c1-15-23-13-18(28-15)14-24-21(26)17-9-11-25(12-10-17)22(27)20-8-4-6-16-5-2-3-7-19(16)20/h2-8,13,17H,9-12,14H2,1H3,(H,24,26). The molecule has 1 aromatic heterocycles. The number of likely N-dealkylation sites (tertiary alicyclic amines) is 1. The van der Waals surface area contributed by atoms with Crippen molar-refractivity contribution in [1.82, 2.24) is 15.2 Å². The van der Waals surface area contributed by atoms with Gasteiger partial charge in [0.25, 0.3) is 5.91 Å². The summed E-state index contributed by atoms with van der Waals surface area (Å²) in [6.45, 7) is 3.71. The molecular weight excluding hydrogens is 370 g/mol. The Morgan fingerprint density at radius 2 is 1.89 bits per heavy atom. The van der Waals surface area contributed by atoms with Crippen LogP contribution < -0.4 is 5.32 Å². The number of aromatic nitrogens is 1. The van der Waals surface area contributed by atoms with Crippen molar-refractivity contribution >= 4 is 33.9 Å². The first-order chi connectivity index (χ1) is 13.6. The molecule has 4 rings (SSSR count). The van der Waals surface area contributed by atoms with Gasteiger partial charge in [-0.15, -0.1) is 11.3 Å². The Morgan fingerprint density at radius 3 is 2.64 bits per heavy atom. The van der Waals surface area contributed by atoms with E-state index in [0.29, 0.717) is 32.5 Å². The number of carbonyl (C=O) groups excluding carboxylic acids is 2. The van der Waals surface area contributed by atoms with Gasteiger partial charge in [-0.05, 0) is 36.6 Å². The Bertz CT molecular complexity index is 1000. The minimum atomic E-state index is -0.0365. The summed E-state index contributed by atoms with van der Waals surface area (Å²) in [5.41, 5.74) is 0.738. The first-order valence-electron chi connectivity index (χ1n) is 9.58. The molecule has 2 amide bonds. The van der Waals surface area contributed by atoms with Crippen LogP contribution in [0, 0.1) is 12.8 Å². The van der Waals surface area contributed by atoms with Gasteiger partial charge in [0.05, 0.1) is 11.6 Å². The van der Waals surface area contributed by atoms with E-state index in [0.717, 1.165) is 26.2 Å². The second-order valence-electron chi connectivity index (χ2n) is 7.16. The van der Waals surface area contributed by atoms with E-state index in [1.54, 1.807) is 11.3 Å². The predicted octanol–water partition coefficient (Wildman–Crippen LogP) is 3.77. The first-order valence-corrected chi connectivity index (χ1v) is 10.4. The molecule has 0 spiro atoms. The van der Waals surface area contributed by atoms with Crippen LogP contribution in [0.15, 0.2) is 48.7 Å². The fourth-order valence-corrected chi connectivity index (χ4v) is 4.47. The Kier molecular flexibility index (Phi) is 5.39. The fraction of sp³-hybridized carbons (Fsp3) is 0.318. The van der Waals surface area contributed by atoms with Gasteiger partial charge in [0, 0.05) is 35.6 Å². The van der Waals surface area contributed by atoms with Crippen LogP contribution in [0.25, 0.3) is 10.8 Å². The molecule has 1 N–H and O–H groups in total. The van der Waals surface area contributed by atoms with Crippen molar-refractivity contribution in [2.45, 2.75) is 26.3 Å². The minimum Gasteiger partial charge on any atom is -0.351 e. The summed E-state index contributed by atoms with van der Waals surface area (Å²) in [7, 11) is 0. The molecule has 28 heavy (non-hydrogen) atoms. The van der Waals surface area contributed by atoms with Crippen LogP contribution in [0.1, 0.15) is 33.1 Å². The number of benzene rings is 2. The molecular formula is C22H23N3O2S. The van der Waals surface area contributed by atoms with Gasteiger partial charge in [0.2, 0.25) is 5.91 Å². The highest BCUT2D eigenvalue weighted by Gasteiger charge is 2.28. The molecule has 2 heterocycles. The Hall–Kier alpha value is -2.73. The average Bonchev–Trinajstić information content (AvgIpc) is 3.16. The molecule has 2 aromatic carbocycles. The molecule has 1 aliphatic rings. The lowest BCUT2D eigenvalue weighted by Crippen LogP contribution is -2.42. The van der Waals surface area contributed by atoms with Crippen molar-refractivity contribution < 1.29 is 9.59 Å². The van der Waals surface area contributed by atoms with Crippen LogP contribution in [0.2, 0.25) is 0 Å². The Morgan fingerprint density at radius 1 is 1.14 bits per heavy atom. The normalized spacial score (nSPS) is 15.0. The van der Waals surface area contributed by atoms with Crippen molar-refractivity contribution in [1.29, 1.82) is 0 Å². The highest BCUT2D eigenvalue weighted by atomic mass is 32.1. The maximum atomic E-state index is 13.0. The zero-order chi connectivity index (χ0) is 19.5. The van der Waals surface area contributed by atoms with Gasteiger partial charge in [0.15, 0.2) is 0 Å². The third-order valence-corrected chi connectivity index (χ3v) is 6.19. The molecule has 0 aliphatic carbocycles. The largest absolute Gasteiger partial charge is 0.351 e. The molecule has 0 bridgehead atoms. The number of nitrogens with one attached hydrogen (secondary N) is 1. The third kappa shape index (κ3) is 3.92. The zero-order valence-electron chi connectivity index (χ0n) is 15.9. The first kappa shape index (κ1) is 18.6. The second kappa shape index (κ2) is 8.10. The van der Waals surface area contributed by atoms with Gasteiger partial charge in [0.1, 0.15) is 0 Å². The maximum absolute atomic E-state index is 13.0. The third-order valence-electron chi connectivity index (χ3n) is 5.28. The van der Waals surface area contributed by atoms with Gasteiger partial charge < -0.3 is 10.2 Å². The number of carbonyl (C=O) groups is 2. The highest BCUT2D eigenvalue weighted by Crippen LogP contribution is 2.24. The summed E-state index contributed by atoms with van der Waals surface area (Å²) in [6.07, 6.45) is 3.21. The summed E-state index contributed by atoms with van der Waals surface area (Å²) < 4.78 is 0. The number of aryl methyl sites for hydroxylation is 1. The van der Waals surface area contributed by atoms with Crippen molar-refractivity contribution in [2.24, 2.45) is 5.92 Å². The number of amides is 2. The molecule has 6 heteroatoms. The van der Waals surface area contributed by atoms with E-state index in [9.17, 15) is 9.59 Å². The zero-order valence-corrected chi connectivity index (χ0v) is 16.7. The molecule has 1 aliphatic heterocycles. The van der Waals surface area contributed by atoms with Crippen molar-refractivity contribution in [3.63, 3.8) is 0 Å². The number of thiazole rings is 1. The van der Waals surface area contributed by atoms with Crippen LogP contribution in [0.5, 0.6) is 0 Å². The molecule has 0 unspecified atom stereocenters. The van der Waals surface area contributed by atoms with Crippen LogP contribution in [-0.4, -0.2) is 34.8 Å². The number of nitrogens with zero attached hydrogens (tertiary/aromatic N) is 2. The SMILES string of the molecule is Cc1ncc(CNC(=O)C2CCN(C(=O)c3cccc4ccccc34)CC2)s1. The molecule has 0 radical (unpaired) electrons. The van der Waals surface area contributed by atoms with Crippen LogP contribution >= 0.6 is 11.3 Å². The summed E-state index contributed by atoms with van der Waals surface area (Å²) >= 11 is 1.60. The molecule has 0 atom stereocenters. The Balaban J connectivity index is 1.35. The van der Waals surface area contributed by atoms with E-state index in [4.69, 9.17) is 0 Å². The van der Waals surface area contributed by atoms with Crippen molar-refractivity contribution in [3.8, 4) is 0 Å². The average molecular weight is 394 g/mol. The highest BCUT2D eigenvalue weighted by molar-refractivity contribution is 7.11. The number of hydrogen-bond donors (Lipinski definition) is 1. The quantitative estimate of drug-likeness (QED) is 0.734. The Labute approximate surface area is 168 Å². The summed E-state index contributed by atoms with van der Waals surface area (Å²) in [5.74, 6) is 0.0877. The summed E-state index contributed by atoms with van der Waals surface area (Å²) in [5, 5.41) is 6.07. The molecule has 3 aromatic rings. The van der Waals surface area contributed by atoms with Crippen LogP contribution in [0.3, 0.4) is 0 Å². The van der Waals surface area contributed by atoms with Crippen molar-refractivity contribution in [2.75, 3.05) is 13.1 Å². The molecule has 1 saturated heterocycles.